The van der Waals surface area contributed by atoms with Gasteiger partial charge in [-0.3, -0.25) is 14.4 Å². The first-order valence-corrected chi connectivity index (χ1v) is 9.62. The predicted octanol–water partition coefficient (Wildman–Crippen LogP) is 2.63. The van der Waals surface area contributed by atoms with Crippen LogP contribution in [0.1, 0.15) is 31.2 Å². The van der Waals surface area contributed by atoms with Gasteiger partial charge in [-0.15, -0.1) is 0 Å². The van der Waals surface area contributed by atoms with Crippen molar-refractivity contribution in [2.24, 2.45) is 0 Å². The number of aromatic nitrogens is 2. The second-order valence-corrected chi connectivity index (χ2v) is 6.86. The third kappa shape index (κ3) is 5.73. The van der Waals surface area contributed by atoms with Crippen molar-refractivity contribution in [2.45, 2.75) is 38.8 Å². The molecule has 1 aromatic heterocycles. The molecule has 30 heavy (non-hydrogen) atoms. The largest absolute Gasteiger partial charge is 0.453 e. The van der Waals surface area contributed by atoms with Crippen molar-refractivity contribution in [3.8, 4) is 0 Å². The van der Waals surface area contributed by atoms with E-state index >= 15 is 0 Å². The Kier molecular flexibility index (Phi) is 6.90. The van der Waals surface area contributed by atoms with Crippen molar-refractivity contribution in [2.75, 3.05) is 0 Å². The summed E-state index contributed by atoms with van der Waals surface area (Å²) in [6, 6.07) is 12.8. The van der Waals surface area contributed by atoms with Crippen molar-refractivity contribution in [3.63, 3.8) is 0 Å². The van der Waals surface area contributed by atoms with Crippen LogP contribution in [0.2, 0.25) is 0 Å². The summed E-state index contributed by atoms with van der Waals surface area (Å²) >= 11 is 0. The van der Waals surface area contributed by atoms with Crippen LogP contribution in [0.15, 0.2) is 53.3 Å². The number of hydrogen-bond donors (Lipinski definition) is 2. The molecule has 8 heteroatoms. The highest BCUT2D eigenvalue weighted by Crippen LogP contribution is 2.08. The van der Waals surface area contributed by atoms with Crippen LogP contribution in [-0.4, -0.2) is 27.9 Å². The second-order valence-electron chi connectivity index (χ2n) is 6.86. The molecule has 2 aromatic carbocycles. The van der Waals surface area contributed by atoms with Crippen LogP contribution in [0.25, 0.3) is 10.9 Å². The number of nitrogens with one attached hydrogen (secondary N) is 2. The van der Waals surface area contributed by atoms with E-state index in [1.165, 1.54) is 19.1 Å². The minimum atomic E-state index is -0.948. The Labute approximate surface area is 172 Å². The summed E-state index contributed by atoms with van der Waals surface area (Å²) in [6.07, 6.45) is -0.0345. The van der Waals surface area contributed by atoms with Gasteiger partial charge in [0, 0.05) is 19.4 Å². The lowest BCUT2D eigenvalue weighted by Crippen LogP contribution is -2.35. The number of rotatable bonds is 8. The molecule has 0 radical (unpaired) electrons. The Hall–Kier alpha value is -3.55. The summed E-state index contributed by atoms with van der Waals surface area (Å²) in [5.74, 6) is -0.803. The number of benzene rings is 2. The Morgan fingerprint density at radius 2 is 1.90 bits per heavy atom. The van der Waals surface area contributed by atoms with Gasteiger partial charge in [0.25, 0.3) is 11.5 Å². The van der Waals surface area contributed by atoms with Crippen LogP contribution < -0.4 is 10.9 Å². The van der Waals surface area contributed by atoms with Gasteiger partial charge < -0.3 is 15.0 Å². The number of aromatic amines is 1. The van der Waals surface area contributed by atoms with E-state index in [2.05, 4.69) is 15.3 Å². The molecule has 0 bridgehead atoms. The van der Waals surface area contributed by atoms with Crippen LogP contribution in [0.5, 0.6) is 0 Å². The zero-order chi connectivity index (χ0) is 21.5. The Balaban J connectivity index is 1.43. The number of carbonyl (C=O) groups excluding carboxylic acids is 2. The zero-order valence-corrected chi connectivity index (χ0v) is 16.5. The molecule has 1 heterocycles. The quantitative estimate of drug-likeness (QED) is 0.555. The number of para-hydroxylation sites is 1. The number of fused-ring (bicyclic) bond motifs is 1. The van der Waals surface area contributed by atoms with Gasteiger partial charge >= 0.3 is 5.97 Å². The van der Waals surface area contributed by atoms with E-state index in [0.29, 0.717) is 29.6 Å². The second kappa shape index (κ2) is 9.78. The molecule has 0 unspecified atom stereocenters. The molecule has 0 fully saturated rings. The molecule has 3 rings (SSSR count). The van der Waals surface area contributed by atoms with Gasteiger partial charge in [0.1, 0.15) is 11.6 Å². The van der Waals surface area contributed by atoms with E-state index in [1.807, 2.05) is 0 Å². The average Bonchev–Trinajstić information content (AvgIpc) is 2.73. The van der Waals surface area contributed by atoms with E-state index in [0.717, 1.165) is 5.56 Å². The molecule has 3 aromatic rings. The summed E-state index contributed by atoms with van der Waals surface area (Å²) in [5.41, 5.74) is 1.12. The maximum atomic E-state index is 12.9. The molecule has 1 atom stereocenters. The fourth-order valence-electron chi connectivity index (χ4n) is 2.90. The van der Waals surface area contributed by atoms with E-state index in [4.69, 9.17) is 4.74 Å². The number of hydrogen-bond acceptors (Lipinski definition) is 5. The lowest BCUT2D eigenvalue weighted by Gasteiger charge is -2.13. The number of halogens is 1. The monoisotopic (exact) mass is 411 g/mol. The maximum Gasteiger partial charge on any atom is 0.306 e. The van der Waals surface area contributed by atoms with Crippen molar-refractivity contribution in [1.82, 2.24) is 15.3 Å². The average molecular weight is 411 g/mol. The highest BCUT2D eigenvalue weighted by molar-refractivity contribution is 5.83. The van der Waals surface area contributed by atoms with E-state index < -0.39 is 18.0 Å². The van der Waals surface area contributed by atoms with Gasteiger partial charge in [0.05, 0.1) is 10.9 Å². The number of carbonyl (C=O) groups is 2. The third-order valence-electron chi connectivity index (χ3n) is 4.51. The molecule has 156 valence electrons. The first kappa shape index (κ1) is 21.2. The topological polar surface area (TPSA) is 101 Å². The van der Waals surface area contributed by atoms with Crippen molar-refractivity contribution in [3.05, 3.63) is 76.1 Å². The molecule has 0 spiro atoms. The minimum Gasteiger partial charge on any atom is -0.453 e. The first-order chi connectivity index (χ1) is 14.4. The van der Waals surface area contributed by atoms with Crippen LogP contribution in [0, 0.1) is 5.82 Å². The summed E-state index contributed by atoms with van der Waals surface area (Å²) in [7, 11) is 0. The van der Waals surface area contributed by atoms with Gasteiger partial charge in [0.2, 0.25) is 0 Å². The predicted molar refractivity (Wildman–Crippen MR) is 109 cm³/mol. The van der Waals surface area contributed by atoms with Crippen LogP contribution in [0.4, 0.5) is 4.39 Å². The van der Waals surface area contributed by atoms with Gasteiger partial charge in [-0.25, -0.2) is 9.37 Å². The minimum absolute atomic E-state index is 0.0894. The fraction of sp³-hybridized carbons (Fsp3) is 0.273. The molecule has 0 aliphatic rings. The summed E-state index contributed by atoms with van der Waals surface area (Å²) < 4.78 is 18.0. The molecule has 1 amide bonds. The van der Waals surface area contributed by atoms with Gasteiger partial charge in [-0.2, -0.15) is 0 Å². The van der Waals surface area contributed by atoms with Crippen LogP contribution >= 0.6 is 0 Å². The highest BCUT2D eigenvalue weighted by atomic mass is 19.1. The highest BCUT2D eigenvalue weighted by Gasteiger charge is 2.17. The Morgan fingerprint density at radius 1 is 1.17 bits per heavy atom. The Bertz CT molecular complexity index is 1100. The Morgan fingerprint density at radius 3 is 2.67 bits per heavy atom. The number of aryl methyl sites for hydroxylation is 1. The molecule has 7 nitrogen and oxygen atoms in total. The number of nitrogens with zero attached hydrogens (tertiary/aromatic N) is 1. The standard InChI is InChI=1S/C22H22FN3O4/c1-14(21(28)24-13-15-9-11-16(23)12-10-15)30-20(27)8-4-7-19-25-18-6-3-2-5-17(18)22(29)26-19/h2-3,5-6,9-12,14H,4,7-8,13H2,1H3,(H,24,28)(H,25,26,29)/t14-/m0/s1. The smallest absolute Gasteiger partial charge is 0.306 e. The van der Waals surface area contributed by atoms with Crippen LogP contribution in [-0.2, 0) is 27.3 Å². The third-order valence-corrected chi connectivity index (χ3v) is 4.51. The van der Waals surface area contributed by atoms with Gasteiger partial charge in [0.15, 0.2) is 6.10 Å². The first-order valence-electron chi connectivity index (χ1n) is 9.62. The molecule has 0 saturated heterocycles. The number of amides is 1. The summed E-state index contributed by atoms with van der Waals surface area (Å²) in [5, 5.41) is 3.16. The molecular formula is C22H22FN3O4. The van der Waals surface area contributed by atoms with Crippen molar-refractivity contribution < 1.29 is 18.7 Å². The number of ether oxygens (including phenoxy) is 1. The number of H-pyrrole nitrogens is 1. The molecule has 0 aliphatic carbocycles. The van der Waals surface area contributed by atoms with E-state index in [-0.39, 0.29) is 24.3 Å². The molecule has 2 N–H and O–H groups in total. The van der Waals surface area contributed by atoms with Crippen molar-refractivity contribution in [1.29, 1.82) is 0 Å². The fourth-order valence-corrected chi connectivity index (χ4v) is 2.90. The molecule has 0 saturated carbocycles. The van der Waals surface area contributed by atoms with Gasteiger partial charge in [-0.1, -0.05) is 24.3 Å². The lowest BCUT2D eigenvalue weighted by molar-refractivity contribution is -0.154. The number of esters is 1. The van der Waals surface area contributed by atoms with Crippen LogP contribution in [0.3, 0.4) is 0 Å². The summed E-state index contributed by atoms with van der Waals surface area (Å²) in [6.45, 7) is 1.70. The molecular weight excluding hydrogens is 389 g/mol. The molecule has 0 aliphatic heterocycles. The van der Waals surface area contributed by atoms with E-state index in [9.17, 15) is 18.8 Å². The van der Waals surface area contributed by atoms with Gasteiger partial charge in [-0.05, 0) is 43.2 Å². The zero-order valence-electron chi connectivity index (χ0n) is 16.5. The lowest BCUT2D eigenvalue weighted by atomic mass is 10.2. The van der Waals surface area contributed by atoms with Crippen molar-refractivity contribution >= 4 is 22.8 Å². The maximum absolute atomic E-state index is 12.9. The SMILES string of the molecule is C[C@H](OC(=O)CCCc1nc2ccccc2c(=O)[nH]1)C(=O)NCc1ccc(F)cc1. The summed E-state index contributed by atoms with van der Waals surface area (Å²) in [4.78, 5) is 43.2. The normalized spacial score (nSPS) is 11.8. The van der Waals surface area contributed by atoms with E-state index in [1.54, 1.807) is 36.4 Å².